The van der Waals surface area contributed by atoms with Gasteiger partial charge in [-0.05, 0) is 67.0 Å². The van der Waals surface area contributed by atoms with Crippen molar-refractivity contribution in [1.29, 1.82) is 5.26 Å². The molecule has 2 aromatic carbocycles. The number of anilines is 1. The van der Waals surface area contributed by atoms with E-state index in [2.05, 4.69) is 42.7 Å². The summed E-state index contributed by atoms with van der Waals surface area (Å²) in [6, 6.07) is 16.4. The van der Waals surface area contributed by atoms with Crippen molar-refractivity contribution in [3.8, 4) is 6.07 Å². The summed E-state index contributed by atoms with van der Waals surface area (Å²) in [7, 11) is 0. The number of thioether (sulfide) groups is 1. The highest BCUT2D eigenvalue weighted by molar-refractivity contribution is 8.03. The number of rotatable bonds is 6. The van der Waals surface area contributed by atoms with E-state index in [4.69, 9.17) is 0 Å². The lowest BCUT2D eigenvalue weighted by atomic mass is 9.76. The Bertz CT molecular complexity index is 1270. The molecule has 1 aliphatic carbocycles. The summed E-state index contributed by atoms with van der Waals surface area (Å²) < 4.78 is 0. The van der Waals surface area contributed by atoms with Crippen LogP contribution in [0.2, 0.25) is 0 Å². The van der Waals surface area contributed by atoms with E-state index in [1.165, 1.54) is 22.9 Å². The molecule has 1 aliphatic heterocycles. The SMILES string of the molecule is Cc1ccc(NC(=O)CSC2=C(C#N)C(c3ccc(C(C)C)cc3)C3=C(CCCC3=O)N2)cc1C. The fourth-order valence-corrected chi connectivity index (χ4v) is 5.46. The minimum Gasteiger partial charge on any atom is -0.352 e. The Hall–Kier alpha value is -3.30. The van der Waals surface area contributed by atoms with Gasteiger partial charge in [0.2, 0.25) is 5.91 Å². The van der Waals surface area contributed by atoms with Crippen LogP contribution in [0.3, 0.4) is 0 Å². The Morgan fingerprint density at radius 1 is 1.14 bits per heavy atom. The van der Waals surface area contributed by atoms with Crippen LogP contribution >= 0.6 is 11.8 Å². The zero-order chi connectivity index (χ0) is 25.1. The van der Waals surface area contributed by atoms with Gasteiger partial charge in [0.25, 0.3) is 0 Å². The first-order valence-electron chi connectivity index (χ1n) is 12.1. The number of nitrogens with zero attached hydrogens (tertiary/aromatic N) is 1. The van der Waals surface area contributed by atoms with Crippen molar-refractivity contribution in [2.45, 2.75) is 58.8 Å². The fraction of sp³-hybridized carbons (Fsp3) is 0.345. The second-order valence-corrected chi connectivity index (χ2v) is 10.5. The first kappa shape index (κ1) is 24.8. The number of hydrogen-bond acceptors (Lipinski definition) is 5. The highest BCUT2D eigenvalue weighted by atomic mass is 32.2. The van der Waals surface area contributed by atoms with Crippen molar-refractivity contribution in [2.24, 2.45) is 0 Å². The number of amides is 1. The van der Waals surface area contributed by atoms with Crippen LogP contribution in [0, 0.1) is 25.2 Å². The molecule has 1 atom stereocenters. The van der Waals surface area contributed by atoms with E-state index in [0.29, 0.717) is 28.5 Å². The lowest BCUT2D eigenvalue weighted by molar-refractivity contribution is -0.116. The number of nitriles is 1. The molecule has 6 heteroatoms. The molecule has 1 heterocycles. The molecule has 1 unspecified atom stereocenters. The summed E-state index contributed by atoms with van der Waals surface area (Å²) in [5, 5.41) is 17.1. The van der Waals surface area contributed by atoms with Crippen molar-refractivity contribution < 1.29 is 9.59 Å². The highest BCUT2D eigenvalue weighted by Gasteiger charge is 2.37. The Kier molecular flexibility index (Phi) is 7.47. The van der Waals surface area contributed by atoms with Crippen LogP contribution < -0.4 is 10.6 Å². The number of carbonyl (C=O) groups is 2. The van der Waals surface area contributed by atoms with E-state index >= 15 is 0 Å². The van der Waals surface area contributed by atoms with E-state index in [0.717, 1.165) is 35.4 Å². The number of nitrogens with one attached hydrogen (secondary N) is 2. The number of benzene rings is 2. The van der Waals surface area contributed by atoms with Gasteiger partial charge in [0.05, 0.1) is 28.3 Å². The zero-order valence-electron chi connectivity index (χ0n) is 20.7. The Labute approximate surface area is 211 Å². The van der Waals surface area contributed by atoms with Crippen molar-refractivity contribution in [1.82, 2.24) is 5.32 Å². The molecular formula is C29H31N3O2S. The largest absolute Gasteiger partial charge is 0.352 e. The van der Waals surface area contributed by atoms with E-state index in [1.54, 1.807) is 0 Å². The molecule has 0 saturated carbocycles. The average molecular weight is 486 g/mol. The summed E-state index contributed by atoms with van der Waals surface area (Å²) in [6.07, 6.45) is 2.05. The summed E-state index contributed by atoms with van der Waals surface area (Å²) >= 11 is 1.32. The standard InChI is InChI=1S/C29H31N3O2S/c1-17(2)20-9-11-21(12-10-20)27-23(15-30)29(32-24-6-5-7-25(33)28(24)27)35-16-26(34)31-22-13-8-18(3)19(4)14-22/h8-14,17,27,32H,5-7,16H2,1-4H3,(H,31,34). The smallest absolute Gasteiger partial charge is 0.234 e. The monoisotopic (exact) mass is 485 g/mol. The van der Waals surface area contributed by atoms with Crippen LogP contribution in [0.15, 0.2) is 64.3 Å². The molecule has 35 heavy (non-hydrogen) atoms. The van der Waals surface area contributed by atoms with Crippen molar-refractivity contribution in [3.63, 3.8) is 0 Å². The number of ketones is 1. The quantitative estimate of drug-likeness (QED) is 0.507. The van der Waals surface area contributed by atoms with E-state index in [1.807, 2.05) is 44.2 Å². The van der Waals surface area contributed by atoms with E-state index in [9.17, 15) is 14.9 Å². The lowest BCUT2D eigenvalue weighted by Crippen LogP contribution is -2.31. The molecule has 0 bridgehead atoms. The van der Waals surface area contributed by atoms with Crippen molar-refractivity contribution in [2.75, 3.05) is 11.1 Å². The molecule has 1 amide bonds. The lowest BCUT2D eigenvalue weighted by Gasteiger charge is -2.33. The first-order chi connectivity index (χ1) is 16.8. The average Bonchev–Trinajstić information content (AvgIpc) is 2.84. The van der Waals surface area contributed by atoms with Gasteiger partial charge < -0.3 is 10.6 Å². The predicted octanol–water partition coefficient (Wildman–Crippen LogP) is 6.23. The highest BCUT2D eigenvalue weighted by Crippen LogP contribution is 2.44. The van der Waals surface area contributed by atoms with Crippen molar-refractivity contribution in [3.05, 3.63) is 86.6 Å². The van der Waals surface area contributed by atoms with Gasteiger partial charge in [-0.15, -0.1) is 0 Å². The third-order valence-corrected chi connectivity index (χ3v) is 7.75. The Morgan fingerprint density at radius 2 is 1.89 bits per heavy atom. The number of allylic oxidation sites excluding steroid dienone is 3. The number of carbonyl (C=O) groups excluding carboxylic acids is 2. The normalized spacial score (nSPS) is 17.7. The van der Waals surface area contributed by atoms with Crippen LogP contribution in [0.25, 0.3) is 0 Å². The Balaban J connectivity index is 1.61. The number of aryl methyl sites for hydroxylation is 2. The van der Waals surface area contributed by atoms with E-state index in [-0.39, 0.29) is 17.4 Å². The summed E-state index contributed by atoms with van der Waals surface area (Å²) in [5.41, 5.74) is 7.29. The molecule has 2 aliphatic rings. The first-order valence-corrected chi connectivity index (χ1v) is 13.0. The molecule has 0 fully saturated rings. The third-order valence-electron chi connectivity index (χ3n) is 6.74. The second-order valence-electron chi connectivity index (χ2n) is 9.54. The van der Waals surface area contributed by atoms with Crippen molar-refractivity contribution >= 4 is 29.1 Å². The number of dihydropyridines is 1. The van der Waals surface area contributed by atoms with Gasteiger partial charge in [-0.3, -0.25) is 9.59 Å². The van der Waals surface area contributed by atoms with Gasteiger partial charge in [0, 0.05) is 23.4 Å². The van der Waals surface area contributed by atoms with Crippen LogP contribution in [0.1, 0.15) is 67.2 Å². The summed E-state index contributed by atoms with van der Waals surface area (Å²) in [6.45, 7) is 8.33. The molecule has 0 aromatic heterocycles. The molecule has 180 valence electrons. The second kappa shape index (κ2) is 10.5. The molecular weight excluding hydrogens is 454 g/mol. The third kappa shape index (κ3) is 5.36. The predicted molar refractivity (Wildman–Crippen MR) is 142 cm³/mol. The van der Waals surface area contributed by atoms with Gasteiger partial charge in [-0.1, -0.05) is 55.9 Å². The van der Waals surface area contributed by atoms with Gasteiger partial charge >= 0.3 is 0 Å². The van der Waals surface area contributed by atoms with Crippen LogP contribution in [0.5, 0.6) is 0 Å². The molecule has 0 radical (unpaired) electrons. The van der Waals surface area contributed by atoms with Gasteiger partial charge in [0.15, 0.2) is 5.78 Å². The summed E-state index contributed by atoms with van der Waals surface area (Å²) in [4.78, 5) is 25.7. The van der Waals surface area contributed by atoms with Crippen LogP contribution in [-0.4, -0.2) is 17.4 Å². The number of Topliss-reactive ketones (excluding diaryl/α,β-unsaturated/α-hetero) is 1. The fourth-order valence-electron chi connectivity index (χ4n) is 4.60. The van der Waals surface area contributed by atoms with Crippen LogP contribution in [-0.2, 0) is 9.59 Å². The maximum Gasteiger partial charge on any atom is 0.234 e. The molecule has 0 saturated heterocycles. The maximum absolute atomic E-state index is 13.0. The summed E-state index contributed by atoms with van der Waals surface area (Å²) in [5.74, 6) is 0.116. The Morgan fingerprint density at radius 3 is 2.54 bits per heavy atom. The minimum atomic E-state index is -0.407. The molecule has 5 nitrogen and oxygen atoms in total. The van der Waals surface area contributed by atoms with Gasteiger partial charge in [-0.2, -0.15) is 5.26 Å². The molecule has 0 spiro atoms. The molecule has 4 rings (SSSR count). The minimum absolute atomic E-state index is 0.0981. The van der Waals surface area contributed by atoms with Gasteiger partial charge in [0.1, 0.15) is 0 Å². The van der Waals surface area contributed by atoms with E-state index < -0.39 is 5.92 Å². The van der Waals surface area contributed by atoms with Crippen LogP contribution in [0.4, 0.5) is 5.69 Å². The van der Waals surface area contributed by atoms with Gasteiger partial charge in [-0.25, -0.2) is 0 Å². The zero-order valence-corrected chi connectivity index (χ0v) is 21.5. The topological polar surface area (TPSA) is 82.0 Å². The molecule has 2 N–H and O–H groups in total. The number of hydrogen-bond donors (Lipinski definition) is 2. The maximum atomic E-state index is 13.0. The molecule has 2 aromatic rings.